The van der Waals surface area contributed by atoms with Gasteiger partial charge >= 0.3 is 0 Å². The summed E-state index contributed by atoms with van der Waals surface area (Å²) in [5, 5.41) is 6.21. The van der Waals surface area contributed by atoms with E-state index < -0.39 is 0 Å². The number of anilines is 2. The Hall–Kier alpha value is -1.71. The van der Waals surface area contributed by atoms with Gasteiger partial charge in [0.2, 0.25) is 5.91 Å². The van der Waals surface area contributed by atoms with E-state index in [0.717, 1.165) is 23.5 Å². The van der Waals surface area contributed by atoms with Crippen molar-refractivity contribution in [1.29, 1.82) is 0 Å². The van der Waals surface area contributed by atoms with Crippen LogP contribution in [0.15, 0.2) is 18.2 Å². The molecule has 1 atom stereocenters. The van der Waals surface area contributed by atoms with Gasteiger partial charge in [0.15, 0.2) is 0 Å². The Morgan fingerprint density at radius 2 is 2.16 bits per heavy atom. The van der Waals surface area contributed by atoms with Gasteiger partial charge in [0, 0.05) is 18.7 Å². The zero-order chi connectivity index (χ0) is 14.3. The molecule has 1 aromatic carbocycles. The maximum Gasteiger partial charge on any atom is 0.221 e. The first-order valence-corrected chi connectivity index (χ1v) is 6.79. The van der Waals surface area contributed by atoms with Crippen molar-refractivity contribution in [3.05, 3.63) is 18.2 Å². The molecule has 0 radical (unpaired) electrons. The van der Waals surface area contributed by atoms with Crippen molar-refractivity contribution in [1.82, 2.24) is 0 Å². The molecule has 0 fully saturated rings. The largest absolute Gasteiger partial charge is 0.495 e. The highest BCUT2D eigenvalue weighted by Gasteiger charge is 2.08. The molecule has 106 valence electrons. The zero-order valence-electron chi connectivity index (χ0n) is 12.2. The zero-order valence-corrected chi connectivity index (χ0v) is 12.2. The molecule has 4 nitrogen and oxygen atoms in total. The predicted molar refractivity (Wildman–Crippen MR) is 79.9 cm³/mol. The number of benzene rings is 1. The number of nitrogens with one attached hydrogen (secondary N) is 2. The second-order valence-electron chi connectivity index (χ2n) is 4.78. The summed E-state index contributed by atoms with van der Waals surface area (Å²) in [7, 11) is 1.65. The number of unbranched alkanes of at least 4 members (excludes halogenated alkanes) is 1. The molecule has 0 heterocycles. The number of hydrogen-bond acceptors (Lipinski definition) is 3. The third-order valence-corrected chi connectivity index (χ3v) is 2.91. The van der Waals surface area contributed by atoms with Gasteiger partial charge in [-0.15, -0.1) is 0 Å². The van der Waals surface area contributed by atoms with Crippen molar-refractivity contribution in [2.24, 2.45) is 0 Å². The van der Waals surface area contributed by atoms with E-state index in [-0.39, 0.29) is 5.91 Å². The summed E-state index contributed by atoms with van der Waals surface area (Å²) in [6.45, 7) is 5.84. The Bertz CT molecular complexity index is 419. The topological polar surface area (TPSA) is 50.4 Å². The first kappa shape index (κ1) is 15.3. The van der Waals surface area contributed by atoms with Gasteiger partial charge in [-0.3, -0.25) is 4.79 Å². The lowest BCUT2D eigenvalue weighted by Crippen LogP contribution is -2.16. The first-order chi connectivity index (χ1) is 9.06. The lowest BCUT2D eigenvalue weighted by molar-refractivity contribution is -0.114. The van der Waals surface area contributed by atoms with Gasteiger partial charge < -0.3 is 15.4 Å². The lowest BCUT2D eigenvalue weighted by Gasteiger charge is -2.18. The van der Waals surface area contributed by atoms with E-state index in [9.17, 15) is 4.79 Å². The summed E-state index contributed by atoms with van der Waals surface area (Å²) in [6, 6.07) is 5.98. The maximum absolute atomic E-state index is 11.1. The third kappa shape index (κ3) is 5.20. The first-order valence-electron chi connectivity index (χ1n) is 6.79. The summed E-state index contributed by atoms with van der Waals surface area (Å²) in [5.74, 6) is 0.715. The van der Waals surface area contributed by atoms with Crippen LogP contribution >= 0.6 is 0 Å². The Morgan fingerprint density at radius 3 is 2.74 bits per heavy atom. The number of carbonyl (C=O) groups excluding carboxylic acids is 1. The van der Waals surface area contributed by atoms with E-state index in [4.69, 9.17) is 4.74 Å². The quantitative estimate of drug-likeness (QED) is 0.790. The minimum atomic E-state index is -0.0739. The summed E-state index contributed by atoms with van der Waals surface area (Å²) in [6.07, 6.45) is 3.50. The van der Waals surface area contributed by atoms with Gasteiger partial charge in [0.1, 0.15) is 5.75 Å². The fraction of sp³-hybridized carbons (Fsp3) is 0.533. The molecule has 0 aromatic heterocycles. The van der Waals surface area contributed by atoms with Gasteiger partial charge in [0.25, 0.3) is 0 Å². The molecule has 1 rings (SSSR count). The van der Waals surface area contributed by atoms with Crippen LogP contribution < -0.4 is 15.4 Å². The second kappa shape index (κ2) is 7.67. The number of carbonyl (C=O) groups is 1. The lowest BCUT2D eigenvalue weighted by atomic mass is 10.1. The molecule has 0 unspecified atom stereocenters. The molecular weight excluding hydrogens is 240 g/mol. The molecule has 0 aliphatic heterocycles. The highest BCUT2D eigenvalue weighted by Crippen LogP contribution is 2.28. The van der Waals surface area contributed by atoms with Crippen molar-refractivity contribution < 1.29 is 9.53 Å². The Morgan fingerprint density at radius 1 is 1.42 bits per heavy atom. The van der Waals surface area contributed by atoms with Crippen molar-refractivity contribution >= 4 is 17.3 Å². The molecule has 1 amide bonds. The van der Waals surface area contributed by atoms with E-state index in [1.807, 2.05) is 18.2 Å². The van der Waals surface area contributed by atoms with Crippen LogP contribution in [0.3, 0.4) is 0 Å². The van der Waals surface area contributed by atoms with Crippen LogP contribution in [0, 0.1) is 0 Å². The number of methoxy groups -OCH3 is 1. The van der Waals surface area contributed by atoms with Gasteiger partial charge in [-0.1, -0.05) is 19.8 Å². The predicted octanol–water partition coefficient (Wildman–Crippen LogP) is 3.64. The minimum Gasteiger partial charge on any atom is -0.495 e. The van der Waals surface area contributed by atoms with Crippen LogP contribution in [-0.2, 0) is 4.79 Å². The molecule has 0 aliphatic rings. The molecule has 1 aromatic rings. The SMILES string of the molecule is CCCC[C@@H](C)Nc1cc(NC(C)=O)ccc1OC. The number of amides is 1. The molecule has 0 spiro atoms. The van der Waals surface area contributed by atoms with Crippen LogP contribution in [0.2, 0.25) is 0 Å². The van der Waals surface area contributed by atoms with Crippen molar-refractivity contribution in [2.45, 2.75) is 46.1 Å². The number of hydrogen-bond donors (Lipinski definition) is 2. The number of rotatable bonds is 7. The molecule has 4 heteroatoms. The summed E-state index contributed by atoms with van der Waals surface area (Å²) in [5.41, 5.74) is 1.69. The minimum absolute atomic E-state index is 0.0739. The average Bonchev–Trinajstić information content (AvgIpc) is 2.36. The Balaban J connectivity index is 2.80. The molecule has 0 saturated heterocycles. The van der Waals surface area contributed by atoms with E-state index in [1.54, 1.807) is 7.11 Å². The van der Waals surface area contributed by atoms with E-state index >= 15 is 0 Å². The smallest absolute Gasteiger partial charge is 0.221 e. The molecular formula is C15H24N2O2. The Kier molecular flexibility index (Phi) is 6.19. The fourth-order valence-corrected chi connectivity index (χ4v) is 1.95. The summed E-state index contributed by atoms with van der Waals surface area (Å²) >= 11 is 0. The van der Waals surface area contributed by atoms with Crippen LogP contribution in [0.25, 0.3) is 0 Å². The normalized spacial score (nSPS) is 11.8. The Labute approximate surface area is 115 Å². The van der Waals surface area contributed by atoms with Gasteiger partial charge in [-0.2, -0.15) is 0 Å². The van der Waals surface area contributed by atoms with Crippen molar-refractivity contribution in [3.8, 4) is 5.75 Å². The number of ether oxygens (including phenoxy) is 1. The third-order valence-electron chi connectivity index (χ3n) is 2.91. The van der Waals surface area contributed by atoms with E-state index in [0.29, 0.717) is 6.04 Å². The summed E-state index contributed by atoms with van der Waals surface area (Å²) < 4.78 is 5.34. The van der Waals surface area contributed by atoms with Gasteiger partial charge in [-0.05, 0) is 31.5 Å². The summed E-state index contributed by atoms with van der Waals surface area (Å²) in [4.78, 5) is 11.1. The maximum atomic E-state index is 11.1. The molecule has 0 aliphatic carbocycles. The van der Waals surface area contributed by atoms with E-state index in [1.165, 1.54) is 19.8 Å². The van der Waals surface area contributed by atoms with Crippen LogP contribution in [0.5, 0.6) is 5.75 Å². The van der Waals surface area contributed by atoms with Crippen LogP contribution in [0.4, 0.5) is 11.4 Å². The van der Waals surface area contributed by atoms with Crippen LogP contribution in [0.1, 0.15) is 40.0 Å². The molecule has 0 saturated carbocycles. The second-order valence-corrected chi connectivity index (χ2v) is 4.78. The van der Waals surface area contributed by atoms with Crippen LogP contribution in [-0.4, -0.2) is 19.1 Å². The fourth-order valence-electron chi connectivity index (χ4n) is 1.95. The molecule has 2 N–H and O–H groups in total. The molecule has 19 heavy (non-hydrogen) atoms. The highest BCUT2D eigenvalue weighted by atomic mass is 16.5. The van der Waals surface area contributed by atoms with Crippen molar-refractivity contribution in [2.75, 3.05) is 17.7 Å². The monoisotopic (exact) mass is 264 g/mol. The highest BCUT2D eigenvalue weighted by molar-refractivity contribution is 5.89. The standard InChI is InChI=1S/C15H24N2O2/c1-5-6-7-11(2)16-14-10-13(17-12(3)18)8-9-15(14)19-4/h8-11,16H,5-7H2,1-4H3,(H,17,18)/t11-/m1/s1. The van der Waals surface area contributed by atoms with Gasteiger partial charge in [0.05, 0.1) is 12.8 Å². The van der Waals surface area contributed by atoms with Crippen molar-refractivity contribution in [3.63, 3.8) is 0 Å². The molecule has 0 bridgehead atoms. The van der Waals surface area contributed by atoms with E-state index in [2.05, 4.69) is 24.5 Å². The van der Waals surface area contributed by atoms with Gasteiger partial charge in [-0.25, -0.2) is 0 Å². The average molecular weight is 264 g/mol.